The fourth-order valence-electron chi connectivity index (χ4n) is 2.80. The average molecular weight is 303 g/mol. The molecule has 0 spiro atoms. The first-order valence-electron chi connectivity index (χ1n) is 7.24. The van der Waals surface area contributed by atoms with Crippen molar-refractivity contribution in [2.24, 2.45) is 0 Å². The Balaban J connectivity index is 1.89. The molecule has 0 bridgehead atoms. The summed E-state index contributed by atoms with van der Waals surface area (Å²) in [6.07, 6.45) is 0. The Kier molecular flexibility index (Phi) is 4.19. The van der Waals surface area contributed by atoms with Crippen LogP contribution in [0.1, 0.15) is 0 Å². The number of aromatic amines is 1. The normalized spacial score (nSPS) is 20.8. The lowest BCUT2D eigenvalue weighted by Crippen LogP contribution is -2.51. The summed E-state index contributed by atoms with van der Waals surface area (Å²) in [6.45, 7) is 4.13. The van der Waals surface area contributed by atoms with Gasteiger partial charge in [0.1, 0.15) is 0 Å². The third kappa shape index (κ3) is 3.07. The molecule has 1 atom stereocenters. The van der Waals surface area contributed by atoms with Gasteiger partial charge in [-0.1, -0.05) is 30.3 Å². The Morgan fingerprint density at radius 1 is 1.24 bits per heavy atom. The van der Waals surface area contributed by atoms with Crippen molar-refractivity contribution in [3.8, 4) is 11.4 Å². The largest absolute Gasteiger partial charge is 0.303 e. The van der Waals surface area contributed by atoms with Crippen LogP contribution in [0.3, 0.4) is 0 Å². The first kappa shape index (κ1) is 14.4. The summed E-state index contributed by atoms with van der Waals surface area (Å²) >= 11 is 5.42. The molecule has 2 aromatic rings. The van der Waals surface area contributed by atoms with Crippen LogP contribution in [0, 0.1) is 4.77 Å². The average Bonchev–Trinajstić information content (AvgIpc) is 2.85. The van der Waals surface area contributed by atoms with Gasteiger partial charge in [-0.25, -0.2) is 0 Å². The summed E-state index contributed by atoms with van der Waals surface area (Å²) in [5.41, 5.74) is 1.09. The fourth-order valence-corrected chi connectivity index (χ4v) is 3.01. The summed E-state index contributed by atoms with van der Waals surface area (Å²) in [6, 6.07) is 10.7. The maximum Gasteiger partial charge on any atom is 0.195 e. The highest BCUT2D eigenvalue weighted by Crippen LogP contribution is 2.18. The summed E-state index contributed by atoms with van der Waals surface area (Å²) in [5, 5.41) is 7.34. The molecule has 1 aliphatic heterocycles. The molecule has 3 rings (SSSR count). The highest BCUT2D eigenvalue weighted by molar-refractivity contribution is 7.71. The zero-order valence-corrected chi connectivity index (χ0v) is 13.3. The Hall–Kier alpha value is -1.50. The highest BCUT2D eigenvalue weighted by atomic mass is 32.1. The fraction of sp³-hybridized carbons (Fsp3) is 0.467. The molecule has 2 heterocycles. The van der Waals surface area contributed by atoms with Gasteiger partial charge in [-0.15, -0.1) is 0 Å². The summed E-state index contributed by atoms with van der Waals surface area (Å²) in [7, 11) is 4.36. The Labute approximate surface area is 130 Å². The highest BCUT2D eigenvalue weighted by Gasteiger charge is 2.24. The Bertz CT molecular complexity index is 648. The van der Waals surface area contributed by atoms with E-state index in [-0.39, 0.29) is 0 Å². The molecular weight excluding hydrogens is 282 g/mol. The van der Waals surface area contributed by atoms with Gasteiger partial charge in [-0.3, -0.25) is 14.6 Å². The summed E-state index contributed by atoms with van der Waals surface area (Å²) in [4.78, 5) is 4.78. The minimum absolute atomic E-state index is 0.454. The minimum Gasteiger partial charge on any atom is -0.303 e. The molecule has 5 nitrogen and oxygen atoms in total. The number of hydrogen-bond donors (Lipinski definition) is 1. The molecule has 0 amide bonds. The van der Waals surface area contributed by atoms with Gasteiger partial charge in [0.2, 0.25) is 0 Å². The van der Waals surface area contributed by atoms with E-state index in [0.29, 0.717) is 10.8 Å². The van der Waals surface area contributed by atoms with Gasteiger partial charge in [0.25, 0.3) is 0 Å². The molecule has 0 saturated carbocycles. The van der Waals surface area contributed by atoms with Crippen molar-refractivity contribution >= 4 is 12.2 Å². The van der Waals surface area contributed by atoms with Crippen molar-refractivity contribution in [3.05, 3.63) is 35.1 Å². The summed E-state index contributed by atoms with van der Waals surface area (Å²) < 4.78 is 2.81. The van der Waals surface area contributed by atoms with Crippen LogP contribution in [-0.2, 0) is 6.54 Å². The van der Waals surface area contributed by atoms with Crippen LogP contribution in [0.15, 0.2) is 30.3 Å². The third-order valence-electron chi connectivity index (χ3n) is 4.16. The van der Waals surface area contributed by atoms with Gasteiger partial charge in [0, 0.05) is 37.8 Å². The predicted molar refractivity (Wildman–Crippen MR) is 86.8 cm³/mol. The second kappa shape index (κ2) is 6.09. The lowest BCUT2D eigenvalue weighted by atomic mass is 10.1. The molecule has 1 aromatic heterocycles. The Morgan fingerprint density at radius 2 is 2.00 bits per heavy atom. The number of piperazine rings is 1. The van der Waals surface area contributed by atoms with E-state index in [2.05, 4.69) is 50.8 Å². The molecule has 1 aromatic carbocycles. The van der Waals surface area contributed by atoms with E-state index in [9.17, 15) is 0 Å². The number of likely N-dealkylation sites (N-methyl/N-ethyl adjacent to an activating group) is 2. The van der Waals surface area contributed by atoms with Gasteiger partial charge in [0.15, 0.2) is 10.6 Å². The van der Waals surface area contributed by atoms with Gasteiger partial charge >= 0.3 is 0 Å². The number of benzene rings is 1. The number of nitrogens with one attached hydrogen (secondary N) is 1. The second-order valence-electron chi connectivity index (χ2n) is 5.73. The van der Waals surface area contributed by atoms with Crippen molar-refractivity contribution in [3.63, 3.8) is 0 Å². The second-order valence-corrected chi connectivity index (χ2v) is 6.11. The van der Waals surface area contributed by atoms with Gasteiger partial charge < -0.3 is 4.90 Å². The van der Waals surface area contributed by atoms with Crippen molar-refractivity contribution in [1.29, 1.82) is 0 Å². The van der Waals surface area contributed by atoms with Crippen molar-refractivity contribution in [2.75, 3.05) is 33.7 Å². The Morgan fingerprint density at radius 3 is 2.76 bits per heavy atom. The quantitative estimate of drug-likeness (QED) is 0.879. The van der Waals surface area contributed by atoms with E-state index in [0.717, 1.165) is 37.6 Å². The third-order valence-corrected chi connectivity index (χ3v) is 4.48. The maximum atomic E-state index is 5.42. The molecule has 0 radical (unpaired) electrons. The number of H-pyrrole nitrogens is 1. The van der Waals surface area contributed by atoms with Crippen molar-refractivity contribution in [1.82, 2.24) is 24.6 Å². The molecule has 1 unspecified atom stereocenters. The standard InChI is InChI=1S/C15H21N5S/c1-18-8-9-19(2)13(10-18)11-20-14(16-17-15(20)21)12-6-4-3-5-7-12/h3-7,13H,8-11H2,1-2H3,(H,17,21). The molecule has 1 N–H and O–H groups in total. The number of hydrogen-bond acceptors (Lipinski definition) is 4. The number of aromatic nitrogens is 3. The van der Waals surface area contributed by atoms with Crippen LogP contribution >= 0.6 is 12.2 Å². The molecule has 1 aliphatic rings. The van der Waals surface area contributed by atoms with E-state index in [1.54, 1.807) is 0 Å². The molecule has 21 heavy (non-hydrogen) atoms. The number of nitrogens with zero attached hydrogens (tertiary/aromatic N) is 4. The zero-order chi connectivity index (χ0) is 14.8. The van der Waals surface area contributed by atoms with Crippen LogP contribution in [0.5, 0.6) is 0 Å². The van der Waals surface area contributed by atoms with Gasteiger partial charge in [-0.05, 0) is 26.3 Å². The smallest absolute Gasteiger partial charge is 0.195 e. The van der Waals surface area contributed by atoms with Crippen LogP contribution in [0.4, 0.5) is 0 Å². The molecule has 112 valence electrons. The molecule has 1 fully saturated rings. The van der Waals surface area contributed by atoms with Crippen LogP contribution in [0.25, 0.3) is 11.4 Å². The van der Waals surface area contributed by atoms with Crippen LogP contribution in [-0.4, -0.2) is 64.3 Å². The van der Waals surface area contributed by atoms with Crippen molar-refractivity contribution in [2.45, 2.75) is 12.6 Å². The molecular formula is C15H21N5S. The minimum atomic E-state index is 0.454. The number of rotatable bonds is 3. The SMILES string of the molecule is CN1CCN(C)C(Cn2c(-c3ccccc3)n[nH]c2=S)C1. The topological polar surface area (TPSA) is 40.1 Å². The lowest BCUT2D eigenvalue weighted by Gasteiger charge is -2.37. The van der Waals surface area contributed by atoms with E-state index < -0.39 is 0 Å². The van der Waals surface area contributed by atoms with E-state index in [4.69, 9.17) is 12.2 Å². The first-order valence-corrected chi connectivity index (χ1v) is 7.65. The van der Waals surface area contributed by atoms with Crippen molar-refractivity contribution < 1.29 is 0 Å². The van der Waals surface area contributed by atoms with Gasteiger partial charge in [0.05, 0.1) is 0 Å². The lowest BCUT2D eigenvalue weighted by molar-refractivity contribution is 0.103. The predicted octanol–water partition coefficient (Wildman–Crippen LogP) is 1.85. The molecule has 6 heteroatoms. The molecule has 0 aliphatic carbocycles. The van der Waals surface area contributed by atoms with Crippen LogP contribution in [0.2, 0.25) is 0 Å². The van der Waals surface area contributed by atoms with Gasteiger partial charge in [-0.2, -0.15) is 5.10 Å². The van der Waals surface area contributed by atoms with E-state index >= 15 is 0 Å². The first-order chi connectivity index (χ1) is 10.1. The zero-order valence-electron chi connectivity index (χ0n) is 12.5. The van der Waals surface area contributed by atoms with E-state index in [1.807, 2.05) is 18.2 Å². The molecule has 1 saturated heterocycles. The van der Waals surface area contributed by atoms with E-state index in [1.165, 1.54) is 0 Å². The maximum absolute atomic E-state index is 5.42. The monoisotopic (exact) mass is 303 g/mol. The summed E-state index contributed by atoms with van der Waals surface area (Å²) in [5.74, 6) is 0.919. The van der Waals surface area contributed by atoms with Crippen LogP contribution < -0.4 is 0 Å².